The van der Waals surface area contributed by atoms with Crippen molar-refractivity contribution in [3.05, 3.63) is 74.5 Å². The molecule has 0 aliphatic rings. The summed E-state index contributed by atoms with van der Waals surface area (Å²) >= 11 is 6.02. The van der Waals surface area contributed by atoms with Gasteiger partial charge in [-0.15, -0.1) is 0 Å². The maximum absolute atomic E-state index is 13.2. The summed E-state index contributed by atoms with van der Waals surface area (Å²) in [5.41, 5.74) is 1.17. The molecule has 0 aliphatic heterocycles. The molecule has 0 fully saturated rings. The van der Waals surface area contributed by atoms with Crippen LogP contribution in [-0.4, -0.2) is 4.92 Å². The molecule has 6 heteroatoms. The van der Waals surface area contributed by atoms with E-state index in [4.69, 9.17) is 11.6 Å². The van der Waals surface area contributed by atoms with E-state index in [2.05, 4.69) is 5.32 Å². The Hall–Kier alpha value is -1.98. The van der Waals surface area contributed by atoms with Gasteiger partial charge in [0.25, 0.3) is 5.69 Å². The van der Waals surface area contributed by atoms with Crippen molar-refractivity contribution in [1.82, 2.24) is 5.32 Å². The van der Waals surface area contributed by atoms with E-state index in [1.807, 2.05) is 6.92 Å². The lowest BCUT2D eigenvalue weighted by Gasteiger charge is -2.15. The highest BCUT2D eigenvalue weighted by Gasteiger charge is 2.17. The largest absolute Gasteiger partial charge is 0.306 e. The van der Waals surface area contributed by atoms with Gasteiger partial charge in [-0.2, -0.15) is 0 Å². The normalized spacial score (nSPS) is 12.1. The Morgan fingerprint density at radius 1 is 1.33 bits per heavy atom. The van der Waals surface area contributed by atoms with Crippen molar-refractivity contribution >= 4 is 17.3 Å². The molecule has 0 saturated carbocycles. The molecule has 4 nitrogen and oxygen atoms in total. The van der Waals surface area contributed by atoms with Gasteiger partial charge in [-0.3, -0.25) is 10.1 Å². The first kappa shape index (κ1) is 15.4. The van der Waals surface area contributed by atoms with Gasteiger partial charge in [-0.1, -0.05) is 29.8 Å². The highest BCUT2D eigenvalue weighted by Crippen LogP contribution is 2.26. The SMILES string of the molecule is C[C@@H](NCc1c(Cl)cccc1[N+](=O)[O-])c1cccc(F)c1. The van der Waals surface area contributed by atoms with Crippen molar-refractivity contribution in [2.45, 2.75) is 19.5 Å². The number of rotatable bonds is 5. The van der Waals surface area contributed by atoms with Crippen LogP contribution >= 0.6 is 11.6 Å². The van der Waals surface area contributed by atoms with Crippen LogP contribution in [0.3, 0.4) is 0 Å². The average Bonchev–Trinajstić information content (AvgIpc) is 2.45. The van der Waals surface area contributed by atoms with Gasteiger partial charge < -0.3 is 5.32 Å². The van der Waals surface area contributed by atoms with Gasteiger partial charge in [0, 0.05) is 18.7 Å². The smallest absolute Gasteiger partial charge is 0.275 e. The van der Waals surface area contributed by atoms with Crippen molar-refractivity contribution in [1.29, 1.82) is 0 Å². The van der Waals surface area contributed by atoms with Crippen LogP contribution in [-0.2, 0) is 6.54 Å². The zero-order chi connectivity index (χ0) is 15.4. The fourth-order valence-electron chi connectivity index (χ4n) is 2.04. The van der Waals surface area contributed by atoms with Gasteiger partial charge in [-0.25, -0.2) is 4.39 Å². The van der Waals surface area contributed by atoms with Crippen LogP contribution in [0.2, 0.25) is 5.02 Å². The molecule has 0 aliphatic carbocycles. The van der Waals surface area contributed by atoms with Gasteiger partial charge in [0.05, 0.1) is 15.5 Å². The van der Waals surface area contributed by atoms with Crippen LogP contribution in [0.1, 0.15) is 24.1 Å². The molecule has 1 atom stereocenters. The lowest BCUT2D eigenvalue weighted by Crippen LogP contribution is -2.19. The average molecular weight is 309 g/mol. The molecule has 2 rings (SSSR count). The second-order valence-electron chi connectivity index (χ2n) is 4.65. The monoisotopic (exact) mass is 308 g/mol. The zero-order valence-electron chi connectivity index (χ0n) is 11.3. The van der Waals surface area contributed by atoms with E-state index in [0.29, 0.717) is 10.6 Å². The van der Waals surface area contributed by atoms with Crippen molar-refractivity contribution in [2.75, 3.05) is 0 Å². The first-order valence-electron chi connectivity index (χ1n) is 6.39. The molecule has 21 heavy (non-hydrogen) atoms. The third-order valence-corrected chi connectivity index (χ3v) is 3.58. The van der Waals surface area contributed by atoms with Crippen LogP contribution in [0.4, 0.5) is 10.1 Å². The molecule has 0 spiro atoms. The molecule has 0 saturated heterocycles. The first-order chi connectivity index (χ1) is 9.99. The van der Waals surface area contributed by atoms with Crippen molar-refractivity contribution in [2.24, 2.45) is 0 Å². The van der Waals surface area contributed by atoms with Crippen molar-refractivity contribution < 1.29 is 9.31 Å². The third kappa shape index (κ3) is 3.77. The van der Waals surface area contributed by atoms with E-state index >= 15 is 0 Å². The molecule has 110 valence electrons. The van der Waals surface area contributed by atoms with Crippen LogP contribution in [0.15, 0.2) is 42.5 Å². The second kappa shape index (κ2) is 6.65. The van der Waals surface area contributed by atoms with E-state index in [1.165, 1.54) is 18.2 Å². The van der Waals surface area contributed by atoms with Crippen LogP contribution in [0.25, 0.3) is 0 Å². The van der Waals surface area contributed by atoms with E-state index in [9.17, 15) is 14.5 Å². The predicted molar refractivity (Wildman–Crippen MR) is 79.8 cm³/mol. The van der Waals surface area contributed by atoms with Gasteiger partial charge >= 0.3 is 0 Å². The molecule has 0 unspecified atom stereocenters. The lowest BCUT2D eigenvalue weighted by atomic mass is 10.1. The predicted octanol–water partition coefficient (Wildman–Crippen LogP) is 4.24. The van der Waals surface area contributed by atoms with E-state index in [0.717, 1.165) is 5.56 Å². The Bertz CT molecular complexity index is 664. The van der Waals surface area contributed by atoms with E-state index < -0.39 is 4.92 Å². The summed E-state index contributed by atoms with van der Waals surface area (Å²) in [6, 6.07) is 10.6. The van der Waals surface area contributed by atoms with Crippen molar-refractivity contribution in [3.63, 3.8) is 0 Å². The minimum absolute atomic E-state index is 0.0264. The van der Waals surface area contributed by atoms with Crippen LogP contribution < -0.4 is 5.32 Å². The fourth-order valence-corrected chi connectivity index (χ4v) is 2.28. The Balaban J connectivity index is 2.15. The number of hydrogen-bond donors (Lipinski definition) is 1. The Morgan fingerprint density at radius 3 is 2.71 bits per heavy atom. The molecule has 1 N–H and O–H groups in total. The molecule has 2 aromatic carbocycles. The molecule has 0 aromatic heterocycles. The minimum atomic E-state index is -0.463. The summed E-state index contributed by atoms with van der Waals surface area (Å²) < 4.78 is 13.2. The Kier molecular flexibility index (Phi) is 4.88. The maximum Gasteiger partial charge on any atom is 0.275 e. The number of hydrogen-bond acceptors (Lipinski definition) is 3. The molecule has 0 amide bonds. The number of halogens is 2. The molecule has 0 radical (unpaired) electrons. The summed E-state index contributed by atoms with van der Waals surface area (Å²) in [6.45, 7) is 2.09. The van der Waals surface area contributed by atoms with Crippen LogP contribution in [0, 0.1) is 15.9 Å². The number of nitrogens with zero attached hydrogens (tertiary/aromatic N) is 1. The molecular weight excluding hydrogens is 295 g/mol. The summed E-state index contributed by atoms with van der Waals surface area (Å²) in [7, 11) is 0. The summed E-state index contributed by atoms with van der Waals surface area (Å²) in [6.07, 6.45) is 0. The first-order valence-corrected chi connectivity index (χ1v) is 6.77. The molecule has 0 heterocycles. The Morgan fingerprint density at radius 2 is 2.05 bits per heavy atom. The maximum atomic E-state index is 13.2. The van der Waals surface area contributed by atoms with Crippen molar-refractivity contribution in [3.8, 4) is 0 Å². The molecular formula is C15H14ClFN2O2. The van der Waals surface area contributed by atoms with Gasteiger partial charge in [0.2, 0.25) is 0 Å². The number of nitrogens with one attached hydrogen (secondary N) is 1. The highest BCUT2D eigenvalue weighted by molar-refractivity contribution is 6.31. The fraction of sp³-hybridized carbons (Fsp3) is 0.200. The van der Waals surface area contributed by atoms with Crippen LogP contribution in [0.5, 0.6) is 0 Å². The topological polar surface area (TPSA) is 55.2 Å². The third-order valence-electron chi connectivity index (χ3n) is 3.22. The number of benzene rings is 2. The quantitative estimate of drug-likeness (QED) is 0.664. The Labute approximate surface area is 126 Å². The summed E-state index contributed by atoms with van der Waals surface area (Å²) in [4.78, 5) is 10.5. The van der Waals surface area contributed by atoms with E-state index in [1.54, 1.807) is 24.3 Å². The summed E-state index contributed by atoms with van der Waals surface area (Å²) in [5, 5.41) is 14.5. The van der Waals surface area contributed by atoms with Gasteiger partial charge in [-0.05, 0) is 30.7 Å². The van der Waals surface area contributed by atoms with Gasteiger partial charge in [0.15, 0.2) is 0 Å². The minimum Gasteiger partial charge on any atom is -0.306 e. The standard InChI is InChI=1S/C15H14ClFN2O2/c1-10(11-4-2-5-12(17)8-11)18-9-13-14(16)6-3-7-15(13)19(20)21/h2-8,10,18H,9H2,1H3/t10-/m1/s1. The molecule has 0 bridgehead atoms. The zero-order valence-corrected chi connectivity index (χ0v) is 12.1. The molecule has 2 aromatic rings. The summed E-state index contributed by atoms with van der Waals surface area (Å²) in [5.74, 6) is -0.315. The lowest BCUT2D eigenvalue weighted by molar-refractivity contribution is -0.385. The number of nitro groups is 1. The highest BCUT2D eigenvalue weighted by atomic mass is 35.5. The second-order valence-corrected chi connectivity index (χ2v) is 5.06. The van der Waals surface area contributed by atoms with Gasteiger partial charge in [0.1, 0.15) is 5.82 Å². The van der Waals surface area contributed by atoms with E-state index in [-0.39, 0.29) is 24.1 Å². The number of nitro benzene ring substituents is 1.